The van der Waals surface area contributed by atoms with Crippen LogP contribution in [0.25, 0.3) is 0 Å². The second-order valence-electron chi connectivity index (χ2n) is 7.03. The molecule has 0 saturated heterocycles. The van der Waals surface area contributed by atoms with Crippen molar-refractivity contribution in [3.05, 3.63) is 42.0 Å². The molecule has 8 heteroatoms. The molecule has 1 fully saturated rings. The van der Waals surface area contributed by atoms with Crippen LogP contribution >= 0.6 is 11.8 Å². The number of hydrogen-bond donors (Lipinski definition) is 0. The third-order valence-corrected chi connectivity index (χ3v) is 6.01. The molecule has 0 unspecified atom stereocenters. The van der Waals surface area contributed by atoms with Gasteiger partial charge in [-0.1, -0.05) is 43.2 Å². The van der Waals surface area contributed by atoms with Gasteiger partial charge in [0.15, 0.2) is 5.16 Å². The molecule has 1 aliphatic carbocycles. The SMILES string of the molecule is COCCn1cnnc1SCC(=O)N(Cc1ccc(F)cc1)C1CCCCC1. The fraction of sp³-hybridized carbons (Fsp3) is 0.550. The minimum Gasteiger partial charge on any atom is -0.383 e. The minimum atomic E-state index is -0.259. The van der Waals surface area contributed by atoms with Gasteiger partial charge in [0.2, 0.25) is 5.91 Å². The number of rotatable bonds is 9. The molecule has 0 atom stereocenters. The van der Waals surface area contributed by atoms with Crippen LogP contribution < -0.4 is 0 Å². The van der Waals surface area contributed by atoms with Gasteiger partial charge >= 0.3 is 0 Å². The van der Waals surface area contributed by atoms with Crippen molar-refractivity contribution in [3.63, 3.8) is 0 Å². The standard InChI is InChI=1S/C20H27FN4O2S/c1-27-12-11-24-15-22-23-20(24)28-14-19(26)25(18-5-3-2-4-6-18)13-16-7-9-17(21)10-8-16/h7-10,15,18H,2-6,11-14H2,1H3. The molecule has 1 heterocycles. The van der Waals surface area contributed by atoms with Crippen molar-refractivity contribution in [2.45, 2.75) is 56.4 Å². The smallest absolute Gasteiger partial charge is 0.233 e. The Labute approximate surface area is 169 Å². The number of halogens is 1. The van der Waals surface area contributed by atoms with E-state index in [1.54, 1.807) is 25.6 Å². The maximum atomic E-state index is 13.2. The lowest BCUT2D eigenvalue weighted by Crippen LogP contribution is -2.42. The zero-order chi connectivity index (χ0) is 19.8. The maximum Gasteiger partial charge on any atom is 0.233 e. The molecule has 6 nitrogen and oxygen atoms in total. The highest BCUT2D eigenvalue weighted by molar-refractivity contribution is 7.99. The number of methoxy groups -OCH3 is 1. The van der Waals surface area contributed by atoms with Crippen LogP contribution in [-0.2, 0) is 22.6 Å². The zero-order valence-electron chi connectivity index (χ0n) is 16.2. The van der Waals surface area contributed by atoms with E-state index >= 15 is 0 Å². The minimum absolute atomic E-state index is 0.0857. The fourth-order valence-electron chi connectivity index (χ4n) is 3.51. The van der Waals surface area contributed by atoms with Crippen molar-refractivity contribution in [3.8, 4) is 0 Å². The largest absolute Gasteiger partial charge is 0.383 e. The lowest BCUT2D eigenvalue weighted by molar-refractivity contribution is -0.132. The highest BCUT2D eigenvalue weighted by Gasteiger charge is 2.26. The molecule has 2 aromatic rings. The highest BCUT2D eigenvalue weighted by Crippen LogP contribution is 2.26. The summed E-state index contributed by atoms with van der Waals surface area (Å²) < 4.78 is 20.2. The van der Waals surface area contributed by atoms with Crippen molar-refractivity contribution in [2.75, 3.05) is 19.5 Å². The van der Waals surface area contributed by atoms with Gasteiger partial charge in [-0.2, -0.15) is 0 Å². The molecule has 1 aliphatic rings. The molecule has 1 aromatic heterocycles. The molecule has 0 spiro atoms. The van der Waals surface area contributed by atoms with Crippen LogP contribution in [0.4, 0.5) is 4.39 Å². The molecule has 0 aliphatic heterocycles. The monoisotopic (exact) mass is 406 g/mol. The van der Waals surface area contributed by atoms with Gasteiger partial charge in [0.1, 0.15) is 12.1 Å². The number of hydrogen-bond acceptors (Lipinski definition) is 5. The van der Waals surface area contributed by atoms with E-state index in [9.17, 15) is 9.18 Å². The topological polar surface area (TPSA) is 60.2 Å². The van der Waals surface area contributed by atoms with Gasteiger partial charge < -0.3 is 14.2 Å². The van der Waals surface area contributed by atoms with Crippen molar-refractivity contribution in [2.24, 2.45) is 0 Å². The van der Waals surface area contributed by atoms with Crippen LogP contribution in [0, 0.1) is 5.82 Å². The van der Waals surface area contributed by atoms with E-state index < -0.39 is 0 Å². The summed E-state index contributed by atoms with van der Waals surface area (Å²) in [4.78, 5) is 15.1. The third-order valence-electron chi connectivity index (χ3n) is 5.04. The Morgan fingerprint density at radius 1 is 1.29 bits per heavy atom. The number of carbonyl (C=O) groups is 1. The summed E-state index contributed by atoms with van der Waals surface area (Å²) in [5.41, 5.74) is 0.952. The van der Waals surface area contributed by atoms with Crippen molar-refractivity contribution < 1.29 is 13.9 Å². The van der Waals surface area contributed by atoms with Gasteiger partial charge in [-0.15, -0.1) is 10.2 Å². The second-order valence-corrected chi connectivity index (χ2v) is 7.97. The first-order valence-electron chi connectivity index (χ1n) is 9.71. The summed E-state index contributed by atoms with van der Waals surface area (Å²) in [6, 6.07) is 6.66. The number of benzene rings is 1. The fourth-order valence-corrected chi connectivity index (χ4v) is 4.34. The lowest BCUT2D eigenvalue weighted by Gasteiger charge is -2.34. The van der Waals surface area contributed by atoms with Crippen molar-refractivity contribution >= 4 is 17.7 Å². The molecule has 1 aromatic carbocycles. The van der Waals surface area contributed by atoms with E-state index in [4.69, 9.17) is 4.74 Å². The van der Waals surface area contributed by atoms with E-state index in [1.807, 2.05) is 9.47 Å². The number of thioether (sulfide) groups is 1. The van der Waals surface area contributed by atoms with Gasteiger partial charge in [0.25, 0.3) is 0 Å². The summed E-state index contributed by atoms with van der Waals surface area (Å²) in [5.74, 6) is 0.136. The Hall–Kier alpha value is -1.93. The molecule has 0 N–H and O–H groups in total. The summed E-state index contributed by atoms with van der Waals surface area (Å²) in [6.07, 6.45) is 7.24. The number of aromatic nitrogens is 3. The van der Waals surface area contributed by atoms with Gasteiger partial charge in [-0.05, 0) is 30.5 Å². The Morgan fingerprint density at radius 3 is 2.75 bits per heavy atom. The lowest BCUT2D eigenvalue weighted by atomic mass is 9.94. The summed E-state index contributed by atoms with van der Waals surface area (Å²) in [6.45, 7) is 1.74. The average Bonchev–Trinajstić information content (AvgIpc) is 3.18. The highest BCUT2D eigenvalue weighted by atomic mass is 32.2. The quantitative estimate of drug-likeness (QED) is 0.597. The molecule has 0 radical (unpaired) electrons. The van der Waals surface area contributed by atoms with Crippen LogP contribution in [0.3, 0.4) is 0 Å². The molecule has 28 heavy (non-hydrogen) atoms. The van der Waals surface area contributed by atoms with E-state index in [0.29, 0.717) is 25.4 Å². The van der Waals surface area contributed by atoms with Crippen LogP contribution in [-0.4, -0.2) is 51.1 Å². The Balaban J connectivity index is 1.65. The van der Waals surface area contributed by atoms with Gasteiger partial charge in [0, 0.05) is 26.2 Å². The molecule has 1 amide bonds. The molecule has 152 valence electrons. The number of amides is 1. The first-order valence-corrected chi connectivity index (χ1v) is 10.7. The Kier molecular flexibility index (Phi) is 7.85. The molecule has 1 saturated carbocycles. The number of ether oxygens (including phenoxy) is 1. The zero-order valence-corrected chi connectivity index (χ0v) is 17.0. The second kappa shape index (κ2) is 10.6. The van der Waals surface area contributed by atoms with E-state index in [1.165, 1.54) is 30.3 Å². The molecular weight excluding hydrogens is 379 g/mol. The summed E-state index contributed by atoms with van der Waals surface area (Å²) in [7, 11) is 1.65. The van der Waals surface area contributed by atoms with Gasteiger partial charge in [-0.3, -0.25) is 4.79 Å². The number of carbonyl (C=O) groups excluding carboxylic acids is 1. The Bertz CT molecular complexity index is 747. The average molecular weight is 407 g/mol. The molecular formula is C20H27FN4O2S. The van der Waals surface area contributed by atoms with Crippen molar-refractivity contribution in [1.29, 1.82) is 0 Å². The van der Waals surface area contributed by atoms with E-state index in [-0.39, 0.29) is 17.8 Å². The summed E-state index contributed by atoms with van der Waals surface area (Å²) >= 11 is 1.40. The first kappa shape index (κ1) is 20.8. The van der Waals surface area contributed by atoms with Crippen LogP contribution in [0.15, 0.2) is 35.7 Å². The Morgan fingerprint density at radius 2 is 2.04 bits per heavy atom. The maximum absolute atomic E-state index is 13.2. The van der Waals surface area contributed by atoms with Crippen LogP contribution in [0.2, 0.25) is 0 Å². The van der Waals surface area contributed by atoms with Crippen LogP contribution in [0.1, 0.15) is 37.7 Å². The van der Waals surface area contributed by atoms with Gasteiger partial charge in [0.05, 0.1) is 12.4 Å². The number of nitrogens with zero attached hydrogens (tertiary/aromatic N) is 4. The van der Waals surface area contributed by atoms with Crippen molar-refractivity contribution in [1.82, 2.24) is 19.7 Å². The molecule has 0 bridgehead atoms. The third kappa shape index (κ3) is 5.78. The normalized spacial score (nSPS) is 14.9. The van der Waals surface area contributed by atoms with E-state index in [2.05, 4.69) is 10.2 Å². The first-order chi connectivity index (χ1) is 13.7. The summed E-state index contributed by atoms with van der Waals surface area (Å²) in [5, 5.41) is 8.77. The van der Waals surface area contributed by atoms with E-state index in [0.717, 1.165) is 36.4 Å². The predicted octanol–water partition coefficient (Wildman–Crippen LogP) is 3.52. The predicted molar refractivity (Wildman–Crippen MR) is 106 cm³/mol. The van der Waals surface area contributed by atoms with Crippen LogP contribution in [0.5, 0.6) is 0 Å². The van der Waals surface area contributed by atoms with Gasteiger partial charge in [-0.25, -0.2) is 4.39 Å². The molecule has 3 rings (SSSR count).